The van der Waals surface area contributed by atoms with Crippen LogP contribution in [0.1, 0.15) is 22.3 Å². The average molecular weight is 373 g/mol. The summed E-state index contributed by atoms with van der Waals surface area (Å²) in [6.45, 7) is 0.413. The predicted octanol–water partition coefficient (Wildman–Crippen LogP) is 4.26. The Morgan fingerprint density at radius 1 is 1.15 bits per heavy atom. The molecule has 140 valence electrons. The number of halogens is 2. The van der Waals surface area contributed by atoms with Gasteiger partial charge in [-0.2, -0.15) is 8.78 Å². The highest BCUT2D eigenvalue weighted by atomic mass is 19.3. The number of alkyl halides is 2. The van der Waals surface area contributed by atoms with Crippen LogP contribution < -0.4 is 9.47 Å². The highest BCUT2D eigenvalue weighted by Gasteiger charge is 2.26. The monoisotopic (exact) mass is 373 g/mol. The highest BCUT2D eigenvalue weighted by molar-refractivity contribution is 6.13. The second kappa shape index (κ2) is 7.57. The third-order valence-electron chi connectivity index (χ3n) is 3.95. The first-order chi connectivity index (χ1) is 12.9. The van der Waals surface area contributed by atoms with E-state index in [1.807, 2.05) is 0 Å². The first-order valence-electron chi connectivity index (χ1n) is 8.11. The van der Waals surface area contributed by atoms with E-state index in [4.69, 9.17) is 9.47 Å². The molecule has 0 aromatic heterocycles. The topological polar surface area (TPSA) is 57.1 Å². The highest BCUT2D eigenvalue weighted by Crippen LogP contribution is 2.29. The Morgan fingerprint density at radius 3 is 2.44 bits per heavy atom. The Balaban J connectivity index is 1.95. The number of rotatable bonds is 5. The molecule has 0 saturated carbocycles. The minimum absolute atomic E-state index is 0.109. The summed E-state index contributed by atoms with van der Waals surface area (Å²) >= 11 is 0. The van der Waals surface area contributed by atoms with Gasteiger partial charge in [0.15, 0.2) is 5.70 Å². The summed E-state index contributed by atoms with van der Waals surface area (Å²) in [7, 11) is 1.52. The zero-order chi connectivity index (χ0) is 19.6. The summed E-state index contributed by atoms with van der Waals surface area (Å²) in [5.74, 6) is 0.207. The summed E-state index contributed by atoms with van der Waals surface area (Å²) in [6.07, 6.45) is 1.54. The van der Waals surface area contributed by atoms with E-state index in [0.29, 0.717) is 28.0 Å². The maximum atomic E-state index is 12.5. The fourth-order valence-corrected chi connectivity index (χ4v) is 2.85. The van der Waals surface area contributed by atoms with E-state index in [2.05, 4.69) is 9.73 Å². The van der Waals surface area contributed by atoms with Gasteiger partial charge in [0.1, 0.15) is 11.5 Å². The van der Waals surface area contributed by atoms with Crippen LogP contribution in [0.25, 0.3) is 6.08 Å². The SMILES string of the molecule is COc1ccccc1C1=N/C(=C\c2cc(C)c(OC(F)F)c(C)c2)C(=O)O1. The molecule has 0 unspecified atom stereocenters. The van der Waals surface area contributed by atoms with Gasteiger partial charge in [-0.1, -0.05) is 12.1 Å². The number of cyclic esters (lactones) is 1. The fourth-order valence-electron chi connectivity index (χ4n) is 2.85. The first-order valence-corrected chi connectivity index (χ1v) is 8.11. The van der Waals surface area contributed by atoms with E-state index in [1.54, 1.807) is 50.2 Å². The van der Waals surface area contributed by atoms with Crippen LogP contribution in [-0.4, -0.2) is 25.6 Å². The van der Waals surface area contributed by atoms with Crippen LogP contribution in [0.5, 0.6) is 11.5 Å². The van der Waals surface area contributed by atoms with E-state index in [0.717, 1.165) is 0 Å². The predicted molar refractivity (Wildman–Crippen MR) is 96.1 cm³/mol. The summed E-state index contributed by atoms with van der Waals surface area (Å²) < 4.78 is 40.0. The fraction of sp³-hybridized carbons (Fsp3) is 0.200. The molecular weight excluding hydrogens is 356 g/mol. The molecule has 0 bridgehead atoms. The van der Waals surface area contributed by atoms with Gasteiger partial charge in [0.05, 0.1) is 12.7 Å². The van der Waals surface area contributed by atoms with Crippen molar-refractivity contribution < 1.29 is 27.8 Å². The number of methoxy groups -OCH3 is 1. The summed E-state index contributed by atoms with van der Waals surface area (Å²) in [5, 5.41) is 0. The molecule has 2 aromatic carbocycles. The number of carbonyl (C=O) groups excluding carboxylic acids is 1. The molecule has 1 aliphatic rings. The van der Waals surface area contributed by atoms with Gasteiger partial charge >= 0.3 is 12.6 Å². The zero-order valence-electron chi connectivity index (χ0n) is 15.0. The van der Waals surface area contributed by atoms with Gasteiger partial charge in [0.25, 0.3) is 0 Å². The van der Waals surface area contributed by atoms with Crippen LogP contribution in [0.3, 0.4) is 0 Å². The molecule has 2 aromatic rings. The molecule has 0 aliphatic carbocycles. The van der Waals surface area contributed by atoms with Gasteiger partial charge in [-0.3, -0.25) is 0 Å². The quantitative estimate of drug-likeness (QED) is 0.581. The number of hydrogen-bond donors (Lipinski definition) is 0. The van der Waals surface area contributed by atoms with Crippen molar-refractivity contribution in [2.75, 3.05) is 7.11 Å². The molecular formula is C20H17F2NO4. The Kier molecular flexibility index (Phi) is 5.21. The standard InChI is InChI=1S/C20H17F2NO4/c1-11-8-13(9-12(2)17(11)26-20(21)22)10-15-19(24)27-18(23-15)14-6-4-5-7-16(14)25-3/h4-10,20H,1-3H3/b15-10-. The number of benzene rings is 2. The van der Waals surface area contributed by atoms with E-state index >= 15 is 0 Å². The lowest BCUT2D eigenvalue weighted by Crippen LogP contribution is -2.07. The number of esters is 1. The number of ether oxygens (including phenoxy) is 3. The Morgan fingerprint density at radius 2 is 1.81 bits per heavy atom. The normalized spacial score (nSPS) is 15.1. The summed E-state index contributed by atoms with van der Waals surface area (Å²) in [4.78, 5) is 16.4. The lowest BCUT2D eigenvalue weighted by atomic mass is 10.0. The Bertz CT molecular complexity index is 928. The second-order valence-electron chi connectivity index (χ2n) is 5.90. The van der Waals surface area contributed by atoms with Crippen molar-refractivity contribution in [3.8, 4) is 11.5 Å². The van der Waals surface area contributed by atoms with Crippen molar-refractivity contribution in [1.82, 2.24) is 0 Å². The molecule has 3 rings (SSSR count). The molecule has 0 fully saturated rings. The van der Waals surface area contributed by atoms with Crippen molar-refractivity contribution >= 4 is 17.9 Å². The van der Waals surface area contributed by atoms with Gasteiger partial charge in [-0.25, -0.2) is 9.79 Å². The molecule has 1 aliphatic heterocycles. The summed E-state index contributed by atoms with van der Waals surface area (Å²) in [5.41, 5.74) is 2.36. The minimum Gasteiger partial charge on any atom is -0.496 e. The Hall–Kier alpha value is -3.22. The van der Waals surface area contributed by atoms with Gasteiger partial charge in [0.2, 0.25) is 5.90 Å². The largest absolute Gasteiger partial charge is 0.496 e. The lowest BCUT2D eigenvalue weighted by Gasteiger charge is -2.12. The molecule has 1 heterocycles. The van der Waals surface area contributed by atoms with Gasteiger partial charge in [-0.05, 0) is 60.9 Å². The van der Waals surface area contributed by atoms with Gasteiger partial charge in [-0.15, -0.1) is 0 Å². The third kappa shape index (κ3) is 3.97. The molecule has 5 nitrogen and oxygen atoms in total. The summed E-state index contributed by atoms with van der Waals surface area (Å²) in [6, 6.07) is 10.3. The van der Waals surface area contributed by atoms with Crippen molar-refractivity contribution in [2.45, 2.75) is 20.5 Å². The van der Waals surface area contributed by atoms with Crippen molar-refractivity contribution in [3.05, 3.63) is 64.3 Å². The number of aryl methyl sites for hydroxylation is 2. The smallest absolute Gasteiger partial charge is 0.387 e. The number of para-hydroxylation sites is 1. The van der Waals surface area contributed by atoms with E-state index in [-0.39, 0.29) is 17.3 Å². The van der Waals surface area contributed by atoms with Crippen LogP contribution in [0.2, 0.25) is 0 Å². The van der Waals surface area contributed by atoms with Crippen molar-refractivity contribution in [1.29, 1.82) is 0 Å². The number of hydrogen-bond acceptors (Lipinski definition) is 5. The average Bonchev–Trinajstić information content (AvgIpc) is 2.98. The van der Waals surface area contributed by atoms with Gasteiger partial charge in [0, 0.05) is 0 Å². The molecule has 0 atom stereocenters. The minimum atomic E-state index is -2.90. The van der Waals surface area contributed by atoms with Crippen LogP contribution in [0.4, 0.5) is 8.78 Å². The second-order valence-corrected chi connectivity index (χ2v) is 5.90. The zero-order valence-corrected chi connectivity index (χ0v) is 15.0. The Labute approximate surface area is 154 Å². The van der Waals surface area contributed by atoms with Crippen LogP contribution in [0, 0.1) is 13.8 Å². The van der Waals surface area contributed by atoms with Crippen LogP contribution in [0.15, 0.2) is 47.1 Å². The number of aliphatic imine (C=N–C) groups is 1. The number of carbonyl (C=O) groups is 1. The van der Waals surface area contributed by atoms with Gasteiger partial charge < -0.3 is 14.2 Å². The molecule has 0 saturated heterocycles. The van der Waals surface area contributed by atoms with Crippen molar-refractivity contribution in [3.63, 3.8) is 0 Å². The third-order valence-corrected chi connectivity index (χ3v) is 3.95. The van der Waals surface area contributed by atoms with E-state index < -0.39 is 12.6 Å². The molecule has 27 heavy (non-hydrogen) atoms. The van der Waals surface area contributed by atoms with Crippen molar-refractivity contribution in [2.24, 2.45) is 4.99 Å². The molecule has 0 spiro atoms. The lowest BCUT2D eigenvalue weighted by molar-refractivity contribution is -0.129. The maximum Gasteiger partial charge on any atom is 0.387 e. The molecule has 7 heteroatoms. The van der Waals surface area contributed by atoms with Crippen LogP contribution in [-0.2, 0) is 9.53 Å². The van der Waals surface area contributed by atoms with E-state index in [9.17, 15) is 13.6 Å². The van der Waals surface area contributed by atoms with E-state index in [1.165, 1.54) is 13.2 Å². The van der Waals surface area contributed by atoms with Crippen LogP contribution >= 0.6 is 0 Å². The first kappa shape index (κ1) is 18.6. The molecule has 0 amide bonds. The maximum absolute atomic E-state index is 12.5. The number of nitrogens with zero attached hydrogens (tertiary/aromatic N) is 1. The molecule has 0 radical (unpaired) electrons. The molecule has 0 N–H and O–H groups in total.